The molecule has 0 amide bonds. The first kappa shape index (κ1) is 10.6. The third-order valence-electron chi connectivity index (χ3n) is 1.98. The molecule has 16 heavy (non-hydrogen) atoms. The zero-order valence-corrected chi connectivity index (χ0v) is 8.40. The van der Waals surface area contributed by atoms with Crippen molar-refractivity contribution in [3.05, 3.63) is 30.2 Å². The van der Waals surface area contributed by atoms with Crippen molar-refractivity contribution in [3.63, 3.8) is 0 Å². The first-order valence-electron chi connectivity index (χ1n) is 4.78. The van der Waals surface area contributed by atoms with Gasteiger partial charge in [0.15, 0.2) is 0 Å². The second-order valence-electron chi connectivity index (χ2n) is 3.25. The van der Waals surface area contributed by atoms with E-state index in [0.717, 1.165) is 5.69 Å². The van der Waals surface area contributed by atoms with Gasteiger partial charge in [0.05, 0.1) is 12.2 Å². The summed E-state index contributed by atoms with van der Waals surface area (Å²) in [4.78, 5) is 0. The van der Waals surface area contributed by atoms with Crippen LogP contribution in [-0.4, -0.2) is 26.4 Å². The van der Waals surface area contributed by atoms with Gasteiger partial charge in [-0.3, -0.25) is 9.78 Å². The van der Waals surface area contributed by atoms with Gasteiger partial charge >= 0.3 is 0 Å². The Labute approximate surface area is 90.5 Å². The van der Waals surface area contributed by atoms with Crippen LogP contribution in [0.4, 0.5) is 14.6 Å². The van der Waals surface area contributed by atoms with Crippen LogP contribution in [0.2, 0.25) is 0 Å². The summed E-state index contributed by atoms with van der Waals surface area (Å²) in [5, 5.41) is 13.5. The molecule has 2 aromatic heterocycles. The summed E-state index contributed by atoms with van der Waals surface area (Å²) in [7, 11) is 0. The second-order valence-corrected chi connectivity index (χ2v) is 3.25. The number of nitrogens with one attached hydrogen (secondary N) is 2. The summed E-state index contributed by atoms with van der Waals surface area (Å²) in [6.07, 6.45) is 0.772. The molecule has 0 aliphatic heterocycles. The van der Waals surface area contributed by atoms with Crippen molar-refractivity contribution in [2.45, 2.75) is 19.5 Å². The van der Waals surface area contributed by atoms with Crippen molar-refractivity contribution >= 4 is 5.82 Å². The number of hydrogen-bond acceptors (Lipinski definition) is 3. The summed E-state index contributed by atoms with van der Waals surface area (Å²) < 4.78 is 25.3. The van der Waals surface area contributed by atoms with Crippen LogP contribution in [0.3, 0.4) is 0 Å². The van der Waals surface area contributed by atoms with Gasteiger partial charge in [0, 0.05) is 18.5 Å². The fraction of sp³-hybridized carbons (Fsp3) is 0.333. The highest BCUT2D eigenvalue weighted by molar-refractivity contribution is 5.32. The van der Waals surface area contributed by atoms with Gasteiger partial charge in [0.2, 0.25) is 0 Å². The van der Waals surface area contributed by atoms with Crippen LogP contribution in [-0.2, 0) is 13.1 Å². The number of anilines is 1. The third kappa shape index (κ3) is 2.78. The summed E-state index contributed by atoms with van der Waals surface area (Å²) in [6, 6.07) is 3.47. The lowest BCUT2D eigenvalue weighted by Crippen LogP contribution is -2.08. The van der Waals surface area contributed by atoms with Gasteiger partial charge in [-0.05, 0) is 6.07 Å². The zero-order valence-electron chi connectivity index (χ0n) is 8.40. The van der Waals surface area contributed by atoms with Crippen LogP contribution in [0, 0.1) is 0 Å². The first-order chi connectivity index (χ1) is 7.74. The van der Waals surface area contributed by atoms with Crippen molar-refractivity contribution in [1.29, 1.82) is 0 Å². The minimum Gasteiger partial charge on any atom is -0.363 e. The maximum absolute atomic E-state index is 12.0. The van der Waals surface area contributed by atoms with Gasteiger partial charge in [-0.2, -0.15) is 10.2 Å². The van der Waals surface area contributed by atoms with E-state index in [1.54, 1.807) is 12.3 Å². The van der Waals surface area contributed by atoms with E-state index in [9.17, 15) is 8.78 Å². The Morgan fingerprint density at radius 1 is 1.44 bits per heavy atom. The van der Waals surface area contributed by atoms with Crippen molar-refractivity contribution in [3.8, 4) is 0 Å². The topological polar surface area (TPSA) is 58.5 Å². The first-order valence-corrected chi connectivity index (χ1v) is 4.78. The SMILES string of the molecule is FC(F)Cn1ccc(NCc2ccn[nH]2)n1. The minimum atomic E-state index is -2.39. The molecular formula is C9H11F2N5. The fourth-order valence-electron chi connectivity index (χ4n) is 1.27. The number of hydrogen-bond donors (Lipinski definition) is 2. The number of H-pyrrole nitrogens is 1. The average molecular weight is 227 g/mol. The highest BCUT2D eigenvalue weighted by Crippen LogP contribution is 2.06. The summed E-state index contributed by atoms with van der Waals surface area (Å²) in [5.41, 5.74) is 0.906. The Kier molecular flexibility index (Phi) is 3.13. The predicted molar refractivity (Wildman–Crippen MR) is 54.1 cm³/mol. The van der Waals surface area contributed by atoms with E-state index < -0.39 is 6.43 Å². The van der Waals surface area contributed by atoms with E-state index in [-0.39, 0.29) is 6.54 Å². The molecule has 2 heterocycles. The number of aromatic nitrogens is 4. The second kappa shape index (κ2) is 4.73. The fourth-order valence-corrected chi connectivity index (χ4v) is 1.27. The van der Waals surface area contributed by atoms with Gasteiger partial charge in [-0.25, -0.2) is 8.78 Å². The molecule has 0 radical (unpaired) electrons. The van der Waals surface area contributed by atoms with Gasteiger partial charge < -0.3 is 5.32 Å². The Hall–Kier alpha value is -1.92. The highest BCUT2D eigenvalue weighted by atomic mass is 19.3. The van der Waals surface area contributed by atoms with Gasteiger partial charge in [-0.1, -0.05) is 0 Å². The van der Waals surface area contributed by atoms with E-state index >= 15 is 0 Å². The van der Waals surface area contributed by atoms with Crippen LogP contribution < -0.4 is 5.32 Å². The van der Waals surface area contributed by atoms with E-state index in [2.05, 4.69) is 20.6 Å². The Balaban J connectivity index is 1.88. The van der Waals surface area contributed by atoms with Gasteiger partial charge in [-0.15, -0.1) is 0 Å². The summed E-state index contributed by atoms with van der Waals surface area (Å²) in [6.45, 7) is 0.150. The quantitative estimate of drug-likeness (QED) is 0.813. The molecule has 0 atom stereocenters. The van der Waals surface area contributed by atoms with Crippen LogP contribution in [0.25, 0.3) is 0 Å². The third-order valence-corrected chi connectivity index (χ3v) is 1.98. The number of nitrogens with zero attached hydrogens (tertiary/aromatic N) is 3. The predicted octanol–water partition coefficient (Wildman–Crippen LogP) is 1.48. The van der Waals surface area contributed by atoms with Crippen molar-refractivity contribution in [1.82, 2.24) is 20.0 Å². The number of halogens is 2. The lowest BCUT2D eigenvalue weighted by Gasteiger charge is -2.01. The number of aromatic amines is 1. The van der Waals surface area contributed by atoms with E-state index in [0.29, 0.717) is 12.4 Å². The van der Waals surface area contributed by atoms with Crippen molar-refractivity contribution in [2.75, 3.05) is 5.32 Å². The van der Waals surface area contributed by atoms with Crippen LogP contribution in [0.15, 0.2) is 24.5 Å². The molecule has 5 nitrogen and oxygen atoms in total. The smallest absolute Gasteiger partial charge is 0.257 e. The Morgan fingerprint density at radius 3 is 3.00 bits per heavy atom. The monoisotopic (exact) mass is 227 g/mol. The molecule has 0 spiro atoms. The number of alkyl halides is 2. The maximum atomic E-state index is 12.0. The van der Waals surface area contributed by atoms with Gasteiger partial charge in [0.25, 0.3) is 6.43 Å². The van der Waals surface area contributed by atoms with Crippen LogP contribution in [0.1, 0.15) is 5.69 Å². The molecule has 2 aromatic rings. The molecule has 0 fully saturated rings. The molecule has 0 aliphatic carbocycles. The lowest BCUT2D eigenvalue weighted by molar-refractivity contribution is 0.122. The molecule has 2 N–H and O–H groups in total. The largest absolute Gasteiger partial charge is 0.363 e. The molecule has 0 bridgehead atoms. The van der Waals surface area contributed by atoms with Crippen LogP contribution in [0.5, 0.6) is 0 Å². The maximum Gasteiger partial charge on any atom is 0.257 e. The minimum absolute atomic E-state index is 0.383. The standard InChI is InChI=1S/C9H11F2N5/c10-8(11)6-16-4-2-9(15-16)12-5-7-1-3-13-14-7/h1-4,8H,5-6H2,(H,12,15)(H,13,14). The molecular weight excluding hydrogens is 216 g/mol. The Morgan fingerprint density at radius 2 is 2.31 bits per heavy atom. The normalized spacial score (nSPS) is 10.9. The summed E-state index contributed by atoms with van der Waals surface area (Å²) >= 11 is 0. The number of rotatable bonds is 5. The molecule has 0 saturated carbocycles. The van der Waals surface area contributed by atoms with Crippen molar-refractivity contribution < 1.29 is 8.78 Å². The lowest BCUT2D eigenvalue weighted by atomic mass is 10.4. The van der Waals surface area contributed by atoms with E-state index in [4.69, 9.17) is 0 Å². The van der Waals surface area contributed by atoms with Crippen LogP contribution >= 0.6 is 0 Å². The molecule has 0 aliphatic rings. The average Bonchev–Trinajstić information content (AvgIpc) is 2.84. The highest BCUT2D eigenvalue weighted by Gasteiger charge is 2.05. The molecule has 0 saturated heterocycles. The Bertz CT molecular complexity index is 423. The van der Waals surface area contributed by atoms with Crippen molar-refractivity contribution in [2.24, 2.45) is 0 Å². The molecule has 7 heteroatoms. The van der Waals surface area contributed by atoms with E-state index in [1.807, 2.05) is 6.07 Å². The summed E-state index contributed by atoms with van der Waals surface area (Å²) in [5.74, 6) is 0.565. The molecule has 2 rings (SSSR count). The molecule has 86 valence electrons. The zero-order chi connectivity index (χ0) is 11.4. The molecule has 0 unspecified atom stereocenters. The van der Waals surface area contributed by atoms with E-state index in [1.165, 1.54) is 10.9 Å². The molecule has 0 aromatic carbocycles. The van der Waals surface area contributed by atoms with Gasteiger partial charge in [0.1, 0.15) is 12.4 Å².